The van der Waals surface area contributed by atoms with Crippen molar-refractivity contribution in [1.82, 2.24) is 9.21 Å². The van der Waals surface area contributed by atoms with Gasteiger partial charge in [-0.05, 0) is 67.6 Å². The molecule has 0 aliphatic carbocycles. The highest BCUT2D eigenvalue weighted by atomic mass is 32.2. The number of piperazine rings is 1. The van der Waals surface area contributed by atoms with Crippen molar-refractivity contribution in [2.24, 2.45) is 0 Å². The zero-order valence-corrected chi connectivity index (χ0v) is 17.8. The van der Waals surface area contributed by atoms with Crippen molar-refractivity contribution in [2.75, 3.05) is 26.2 Å². The Hall–Kier alpha value is -2.20. The molecule has 0 aromatic heterocycles. The van der Waals surface area contributed by atoms with Crippen LogP contribution in [0, 0.1) is 39.0 Å². The molecule has 1 fully saturated rings. The molecular formula is C22H27N3O2S. The number of benzene rings is 2. The minimum absolute atomic E-state index is 0.472. The molecule has 0 atom stereocenters. The Bertz CT molecular complexity index is 1000. The number of nitriles is 1. The molecule has 1 heterocycles. The predicted molar refractivity (Wildman–Crippen MR) is 111 cm³/mol. The molecule has 28 heavy (non-hydrogen) atoms. The van der Waals surface area contributed by atoms with Crippen molar-refractivity contribution >= 4 is 10.0 Å². The molecule has 1 aliphatic rings. The standard InChI is InChI=1S/C22H27N3O2S/c1-16-12-17(2)19(4)22(18(16)3)28(26,27)25-10-8-24(9-11-25)15-21-7-5-6-20(13-21)14-23/h5-7,12-13H,8-11,15H2,1-4H3. The Morgan fingerprint density at radius 3 is 2.14 bits per heavy atom. The predicted octanol–water partition coefficient (Wildman–Crippen LogP) is 3.30. The topological polar surface area (TPSA) is 64.4 Å². The molecule has 0 amide bonds. The number of rotatable bonds is 4. The van der Waals surface area contributed by atoms with E-state index in [1.807, 2.05) is 45.9 Å². The van der Waals surface area contributed by atoms with Crippen LogP contribution in [0.4, 0.5) is 0 Å². The van der Waals surface area contributed by atoms with E-state index in [9.17, 15) is 8.42 Å². The minimum Gasteiger partial charge on any atom is -0.296 e. The Balaban J connectivity index is 1.75. The fourth-order valence-electron chi connectivity index (χ4n) is 3.82. The third-order valence-electron chi connectivity index (χ3n) is 5.69. The van der Waals surface area contributed by atoms with Crippen LogP contribution in [0.25, 0.3) is 0 Å². The largest absolute Gasteiger partial charge is 0.296 e. The van der Waals surface area contributed by atoms with Gasteiger partial charge in [-0.2, -0.15) is 9.57 Å². The average Bonchev–Trinajstić information content (AvgIpc) is 2.67. The van der Waals surface area contributed by atoms with Crippen molar-refractivity contribution < 1.29 is 8.42 Å². The first-order valence-corrected chi connectivity index (χ1v) is 11.0. The summed E-state index contributed by atoms with van der Waals surface area (Å²) in [5.41, 5.74) is 5.45. The molecule has 0 bridgehead atoms. The SMILES string of the molecule is Cc1cc(C)c(C)c(S(=O)(=O)N2CCN(Cc3cccc(C#N)c3)CC2)c1C. The summed E-state index contributed by atoms with van der Waals surface area (Å²) < 4.78 is 28.3. The van der Waals surface area contributed by atoms with E-state index in [0.717, 1.165) is 34.4 Å². The molecular weight excluding hydrogens is 370 g/mol. The lowest BCUT2D eigenvalue weighted by Gasteiger charge is -2.34. The Morgan fingerprint density at radius 1 is 0.964 bits per heavy atom. The van der Waals surface area contributed by atoms with E-state index in [-0.39, 0.29) is 0 Å². The van der Waals surface area contributed by atoms with Gasteiger partial charge in [-0.15, -0.1) is 0 Å². The monoisotopic (exact) mass is 397 g/mol. The van der Waals surface area contributed by atoms with Crippen LogP contribution < -0.4 is 0 Å². The summed E-state index contributed by atoms with van der Waals surface area (Å²) in [6.07, 6.45) is 0. The second-order valence-corrected chi connectivity index (χ2v) is 9.46. The van der Waals surface area contributed by atoms with E-state index in [1.54, 1.807) is 10.4 Å². The van der Waals surface area contributed by atoms with Gasteiger partial charge in [0.1, 0.15) is 0 Å². The Labute approximate surface area is 168 Å². The van der Waals surface area contributed by atoms with Gasteiger partial charge in [-0.25, -0.2) is 8.42 Å². The van der Waals surface area contributed by atoms with Gasteiger partial charge in [-0.3, -0.25) is 4.90 Å². The number of aryl methyl sites for hydroxylation is 2. The van der Waals surface area contributed by atoms with E-state index in [0.29, 0.717) is 36.6 Å². The quantitative estimate of drug-likeness (QED) is 0.794. The molecule has 6 heteroatoms. The molecule has 2 aromatic carbocycles. The normalized spacial score (nSPS) is 16.1. The van der Waals surface area contributed by atoms with Gasteiger partial charge >= 0.3 is 0 Å². The third kappa shape index (κ3) is 3.97. The number of hydrogen-bond acceptors (Lipinski definition) is 4. The lowest BCUT2D eigenvalue weighted by Crippen LogP contribution is -2.48. The molecule has 1 saturated heterocycles. The molecule has 0 N–H and O–H groups in total. The fourth-order valence-corrected chi connectivity index (χ4v) is 5.82. The lowest BCUT2D eigenvalue weighted by molar-refractivity contribution is 0.181. The van der Waals surface area contributed by atoms with E-state index < -0.39 is 10.0 Å². The van der Waals surface area contributed by atoms with Crippen molar-refractivity contribution in [2.45, 2.75) is 39.1 Å². The second kappa shape index (κ2) is 8.04. The molecule has 0 saturated carbocycles. The summed E-state index contributed by atoms with van der Waals surface area (Å²) in [4.78, 5) is 2.71. The first kappa shape index (κ1) is 20.5. The molecule has 148 valence electrons. The molecule has 0 spiro atoms. The lowest BCUT2D eigenvalue weighted by atomic mass is 10.0. The zero-order valence-electron chi connectivity index (χ0n) is 17.0. The van der Waals surface area contributed by atoms with Gasteiger partial charge < -0.3 is 0 Å². The van der Waals surface area contributed by atoms with Crippen LogP contribution in [0.3, 0.4) is 0 Å². The average molecular weight is 398 g/mol. The van der Waals surface area contributed by atoms with Crippen LogP contribution in [0.1, 0.15) is 33.4 Å². The summed E-state index contributed by atoms with van der Waals surface area (Å²) in [6, 6.07) is 11.8. The summed E-state index contributed by atoms with van der Waals surface area (Å²) in [7, 11) is -3.51. The molecule has 2 aromatic rings. The van der Waals surface area contributed by atoms with E-state index in [2.05, 4.69) is 17.0 Å². The molecule has 3 rings (SSSR count). The van der Waals surface area contributed by atoms with E-state index >= 15 is 0 Å². The number of hydrogen-bond donors (Lipinski definition) is 0. The van der Waals surface area contributed by atoms with Gasteiger partial charge in [0.05, 0.1) is 16.5 Å². The molecule has 1 aliphatic heterocycles. The van der Waals surface area contributed by atoms with Gasteiger partial charge in [0.15, 0.2) is 0 Å². The summed E-state index contributed by atoms with van der Waals surface area (Å²) in [6.45, 7) is 10.8. The van der Waals surface area contributed by atoms with Crippen LogP contribution in [0.15, 0.2) is 35.2 Å². The van der Waals surface area contributed by atoms with Crippen molar-refractivity contribution in [3.63, 3.8) is 0 Å². The van der Waals surface area contributed by atoms with Crippen LogP contribution >= 0.6 is 0 Å². The maximum atomic E-state index is 13.4. The third-order valence-corrected chi connectivity index (χ3v) is 7.86. The zero-order chi connectivity index (χ0) is 20.5. The summed E-state index contributed by atoms with van der Waals surface area (Å²) in [5.74, 6) is 0. The highest BCUT2D eigenvalue weighted by Gasteiger charge is 2.31. The number of sulfonamides is 1. The van der Waals surface area contributed by atoms with E-state index in [1.165, 1.54) is 0 Å². The summed E-state index contributed by atoms with van der Waals surface area (Å²) >= 11 is 0. The smallest absolute Gasteiger partial charge is 0.243 e. The highest BCUT2D eigenvalue weighted by molar-refractivity contribution is 7.89. The van der Waals surface area contributed by atoms with E-state index in [4.69, 9.17) is 5.26 Å². The van der Waals surface area contributed by atoms with Crippen molar-refractivity contribution in [1.29, 1.82) is 5.26 Å². The van der Waals surface area contributed by atoms with Crippen molar-refractivity contribution in [3.05, 3.63) is 63.7 Å². The van der Waals surface area contributed by atoms with Crippen molar-refractivity contribution in [3.8, 4) is 6.07 Å². The Kier molecular flexibility index (Phi) is 5.90. The molecule has 0 unspecified atom stereocenters. The van der Waals surface area contributed by atoms with Gasteiger partial charge in [-0.1, -0.05) is 18.2 Å². The maximum absolute atomic E-state index is 13.4. The summed E-state index contributed by atoms with van der Waals surface area (Å²) in [5, 5.41) is 9.05. The van der Waals surface area contributed by atoms with Crippen LogP contribution in [0.2, 0.25) is 0 Å². The van der Waals surface area contributed by atoms with Crippen LogP contribution in [-0.4, -0.2) is 43.8 Å². The minimum atomic E-state index is -3.51. The Morgan fingerprint density at radius 2 is 1.57 bits per heavy atom. The van der Waals surface area contributed by atoms with Gasteiger partial charge in [0, 0.05) is 32.7 Å². The van der Waals surface area contributed by atoms with Crippen LogP contribution in [-0.2, 0) is 16.6 Å². The number of nitrogens with zero attached hydrogens (tertiary/aromatic N) is 3. The maximum Gasteiger partial charge on any atom is 0.243 e. The van der Waals surface area contributed by atoms with Gasteiger partial charge in [0.25, 0.3) is 0 Å². The first-order valence-electron chi connectivity index (χ1n) is 9.53. The van der Waals surface area contributed by atoms with Gasteiger partial charge in [0.2, 0.25) is 10.0 Å². The first-order chi connectivity index (χ1) is 13.2. The molecule has 0 radical (unpaired) electrons. The molecule has 5 nitrogen and oxygen atoms in total. The van der Waals surface area contributed by atoms with Crippen LogP contribution in [0.5, 0.6) is 0 Å². The fraction of sp³-hybridized carbons (Fsp3) is 0.409. The highest BCUT2D eigenvalue weighted by Crippen LogP contribution is 2.29. The second-order valence-electron chi connectivity index (χ2n) is 7.58.